The minimum Gasteiger partial charge on any atom is -0.391 e. The second-order valence-corrected chi connectivity index (χ2v) is 5.94. The average Bonchev–Trinajstić information content (AvgIpc) is 2.85. The van der Waals surface area contributed by atoms with E-state index >= 15 is 0 Å². The van der Waals surface area contributed by atoms with Gasteiger partial charge in [-0.2, -0.15) is 5.10 Å². The lowest BCUT2D eigenvalue weighted by Crippen LogP contribution is -2.28. The van der Waals surface area contributed by atoms with Crippen molar-refractivity contribution in [2.24, 2.45) is 0 Å². The summed E-state index contributed by atoms with van der Waals surface area (Å²) in [6.45, 7) is 5.37. The molecule has 2 N–H and O–H groups in total. The molecule has 1 aromatic heterocycles. The van der Waals surface area contributed by atoms with Crippen molar-refractivity contribution < 1.29 is 14.6 Å². The Morgan fingerprint density at radius 3 is 2.62 bits per heavy atom. The first-order chi connectivity index (χ1) is 11.5. The minimum atomic E-state index is -0.557. The molecule has 0 saturated heterocycles. The molecule has 1 aromatic carbocycles. The van der Waals surface area contributed by atoms with E-state index in [0.717, 1.165) is 17.0 Å². The lowest BCUT2D eigenvalue weighted by atomic mass is 10.1. The quantitative estimate of drug-likeness (QED) is 0.771. The minimum absolute atomic E-state index is 0.141. The standard InChI is InChI=1S/C18H25N3O3/c1-13-10-14(2)21(20-13)11-15-4-6-16(7-5-15)18(23)19-9-8-17(22)12-24-3/h4-7,10,17,22H,8-9,11-12H2,1-3H3,(H,19,23). The summed E-state index contributed by atoms with van der Waals surface area (Å²) in [5, 5.41) is 16.8. The number of aromatic nitrogens is 2. The number of amides is 1. The molecule has 0 radical (unpaired) electrons. The van der Waals surface area contributed by atoms with E-state index in [9.17, 15) is 9.90 Å². The third kappa shape index (κ3) is 5.18. The van der Waals surface area contributed by atoms with Gasteiger partial charge in [0.25, 0.3) is 5.91 Å². The Hall–Kier alpha value is -2.18. The van der Waals surface area contributed by atoms with E-state index in [4.69, 9.17) is 4.74 Å². The molecular formula is C18H25N3O3. The molecule has 6 nitrogen and oxygen atoms in total. The highest BCUT2D eigenvalue weighted by atomic mass is 16.5. The van der Waals surface area contributed by atoms with Crippen molar-refractivity contribution in [3.8, 4) is 0 Å². The first-order valence-corrected chi connectivity index (χ1v) is 8.05. The van der Waals surface area contributed by atoms with Crippen LogP contribution in [0.2, 0.25) is 0 Å². The maximum atomic E-state index is 12.1. The molecule has 0 aliphatic rings. The molecule has 0 aliphatic carbocycles. The fourth-order valence-corrected chi connectivity index (χ4v) is 2.50. The molecule has 2 rings (SSSR count). The zero-order chi connectivity index (χ0) is 17.5. The highest BCUT2D eigenvalue weighted by Gasteiger charge is 2.08. The van der Waals surface area contributed by atoms with Crippen LogP contribution in [0.1, 0.15) is 33.7 Å². The third-order valence-electron chi connectivity index (χ3n) is 3.77. The Balaban J connectivity index is 1.87. The molecule has 0 saturated carbocycles. The number of rotatable bonds is 8. The summed E-state index contributed by atoms with van der Waals surface area (Å²) in [6.07, 6.45) is -0.0891. The number of nitrogens with zero attached hydrogens (tertiary/aromatic N) is 2. The van der Waals surface area contributed by atoms with Gasteiger partial charge in [0.2, 0.25) is 0 Å². The average molecular weight is 331 g/mol. The molecule has 130 valence electrons. The topological polar surface area (TPSA) is 76.4 Å². The number of ether oxygens (including phenoxy) is 1. The van der Waals surface area contributed by atoms with Crippen molar-refractivity contribution >= 4 is 5.91 Å². The maximum Gasteiger partial charge on any atom is 0.251 e. The number of carbonyl (C=O) groups is 1. The number of nitrogens with one attached hydrogen (secondary N) is 1. The third-order valence-corrected chi connectivity index (χ3v) is 3.77. The molecule has 0 bridgehead atoms. The molecule has 1 atom stereocenters. The van der Waals surface area contributed by atoms with Gasteiger partial charge in [0.1, 0.15) is 0 Å². The second kappa shape index (κ2) is 8.61. The zero-order valence-corrected chi connectivity index (χ0v) is 14.5. The Morgan fingerprint density at radius 1 is 1.33 bits per heavy atom. The van der Waals surface area contributed by atoms with Gasteiger partial charge in [-0.25, -0.2) is 0 Å². The molecule has 2 aromatic rings. The normalized spacial score (nSPS) is 12.2. The number of carbonyl (C=O) groups excluding carboxylic acids is 1. The largest absolute Gasteiger partial charge is 0.391 e. The van der Waals surface area contributed by atoms with Gasteiger partial charge in [-0.1, -0.05) is 12.1 Å². The van der Waals surface area contributed by atoms with Crippen LogP contribution in [0.15, 0.2) is 30.3 Å². The van der Waals surface area contributed by atoms with Crippen LogP contribution in [-0.2, 0) is 11.3 Å². The number of hydrogen-bond acceptors (Lipinski definition) is 4. The number of hydrogen-bond donors (Lipinski definition) is 2. The Bertz CT molecular complexity index is 665. The van der Waals surface area contributed by atoms with E-state index in [2.05, 4.69) is 10.4 Å². The summed E-state index contributed by atoms with van der Waals surface area (Å²) in [5.74, 6) is -0.141. The molecule has 1 unspecified atom stereocenters. The van der Waals surface area contributed by atoms with Gasteiger partial charge >= 0.3 is 0 Å². The first kappa shape index (κ1) is 18.2. The van der Waals surface area contributed by atoms with Crippen molar-refractivity contribution in [3.05, 3.63) is 52.8 Å². The van der Waals surface area contributed by atoms with Crippen LogP contribution in [0.5, 0.6) is 0 Å². The van der Waals surface area contributed by atoms with Crippen LogP contribution in [0.4, 0.5) is 0 Å². The number of benzene rings is 1. The van der Waals surface area contributed by atoms with Gasteiger partial charge in [-0.3, -0.25) is 9.48 Å². The molecule has 0 aliphatic heterocycles. The second-order valence-electron chi connectivity index (χ2n) is 5.94. The zero-order valence-electron chi connectivity index (χ0n) is 14.5. The monoisotopic (exact) mass is 331 g/mol. The highest BCUT2D eigenvalue weighted by Crippen LogP contribution is 2.09. The van der Waals surface area contributed by atoms with Crippen molar-refractivity contribution in [3.63, 3.8) is 0 Å². The van der Waals surface area contributed by atoms with Gasteiger partial charge in [0.05, 0.1) is 24.9 Å². The molecule has 1 amide bonds. The Morgan fingerprint density at radius 2 is 2.04 bits per heavy atom. The smallest absolute Gasteiger partial charge is 0.251 e. The fourth-order valence-electron chi connectivity index (χ4n) is 2.50. The molecule has 0 fully saturated rings. The van der Waals surface area contributed by atoms with E-state index in [1.807, 2.05) is 48.9 Å². The van der Waals surface area contributed by atoms with Crippen LogP contribution in [0, 0.1) is 13.8 Å². The van der Waals surface area contributed by atoms with Gasteiger partial charge in [-0.05, 0) is 44.0 Å². The summed E-state index contributed by atoms with van der Waals surface area (Å²) >= 11 is 0. The highest BCUT2D eigenvalue weighted by molar-refractivity contribution is 5.94. The van der Waals surface area contributed by atoms with E-state index < -0.39 is 6.10 Å². The lowest BCUT2D eigenvalue weighted by Gasteiger charge is -2.10. The van der Waals surface area contributed by atoms with Crippen LogP contribution < -0.4 is 5.32 Å². The van der Waals surface area contributed by atoms with Gasteiger partial charge in [0.15, 0.2) is 0 Å². The Kier molecular flexibility index (Phi) is 6.52. The lowest BCUT2D eigenvalue weighted by molar-refractivity contribution is 0.0587. The van der Waals surface area contributed by atoms with Crippen LogP contribution in [0.3, 0.4) is 0 Å². The number of methoxy groups -OCH3 is 1. The maximum absolute atomic E-state index is 12.1. The summed E-state index contributed by atoms with van der Waals surface area (Å²) < 4.78 is 6.79. The van der Waals surface area contributed by atoms with E-state index in [1.165, 1.54) is 7.11 Å². The number of aliphatic hydroxyl groups is 1. The van der Waals surface area contributed by atoms with Crippen molar-refractivity contribution in [1.29, 1.82) is 0 Å². The Labute approximate surface area is 142 Å². The predicted octanol–water partition coefficient (Wildman–Crippen LogP) is 1.68. The van der Waals surface area contributed by atoms with Crippen LogP contribution in [0.25, 0.3) is 0 Å². The molecule has 24 heavy (non-hydrogen) atoms. The predicted molar refractivity (Wildman–Crippen MR) is 92.1 cm³/mol. The SMILES string of the molecule is COCC(O)CCNC(=O)c1ccc(Cn2nc(C)cc2C)cc1. The number of aryl methyl sites for hydroxylation is 2. The van der Waals surface area contributed by atoms with E-state index in [1.54, 1.807) is 0 Å². The number of aliphatic hydroxyl groups excluding tert-OH is 1. The fraction of sp³-hybridized carbons (Fsp3) is 0.444. The first-order valence-electron chi connectivity index (χ1n) is 8.05. The van der Waals surface area contributed by atoms with Crippen LogP contribution in [-0.4, -0.2) is 47.2 Å². The van der Waals surface area contributed by atoms with Crippen molar-refractivity contribution in [1.82, 2.24) is 15.1 Å². The molecule has 0 spiro atoms. The molecular weight excluding hydrogens is 306 g/mol. The van der Waals surface area contributed by atoms with Gasteiger partial charge in [0, 0.05) is 24.9 Å². The summed E-state index contributed by atoms with van der Waals surface area (Å²) in [4.78, 5) is 12.1. The summed E-state index contributed by atoms with van der Waals surface area (Å²) in [6, 6.07) is 9.53. The summed E-state index contributed by atoms with van der Waals surface area (Å²) in [7, 11) is 1.54. The van der Waals surface area contributed by atoms with Crippen molar-refractivity contribution in [2.75, 3.05) is 20.3 Å². The van der Waals surface area contributed by atoms with Crippen molar-refractivity contribution in [2.45, 2.75) is 32.9 Å². The van der Waals surface area contributed by atoms with Gasteiger partial charge in [-0.15, -0.1) is 0 Å². The molecule has 6 heteroatoms. The molecule has 1 heterocycles. The van der Waals surface area contributed by atoms with E-state index in [0.29, 0.717) is 25.1 Å². The summed E-state index contributed by atoms with van der Waals surface area (Å²) in [5.41, 5.74) is 3.81. The van der Waals surface area contributed by atoms with E-state index in [-0.39, 0.29) is 12.5 Å². The van der Waals surface area contributed by atoms with Gasteiger partial charge < -0.3 is 15.2 Å². The van der Waals surface area contributed by atoms with Crippen LogP contribution >= 0.6 is 0 Å².